The average Bonchev–Trinajstić information content (AvgIpc) is 1.30. The largest absolute Gasteiger partial charge is 0.107 e. The van der Waals surface area contributed by atoms with Gasteiger partial charge < -0.3 is 0 Å². The standard InChI is InChI=1S/C4H6/c1-3-4-2/h1-2H3/i1T3. The van der Waals surface area contributed by atoms with Crippen LogP contribution in [0.4, 0.5) is 0 Å². The smallest absolute Gasteiger partial charge is 0.0366 e. The number of hydrogen-bond acceptors (Lipinski definition) is 0. The van der Waals surface area contributed by atoms with E-state index >= 15 is 0 Å². The van der Waals surface area contributed by atoms with E-state index < -0.39 is 6.85 Å². The first kappa shape index (κ1) is 0.755. The first-order chi connectivity index (χ1) is 3.06. The van der Waals surface area contributed by atoms with Crippen molar-refractivity contribution in [1.29, 1.82) is 0 Å². The molecule has 0 atom stereocenters. The maximum Gasteiger partial charge on any atom is 0.0366 e. The van der Waals surface area contributed by atoms with Crippen LogP contribution in [0.5, 0.6) is 0 Å². The summed E-state index contributed by atoms with van der Waals surface area (Å²) in [7, 11) is 0. The fourth-order valence-electron chi connectivity index (χ4n) is 0. The Bertz CT molecular complexity index is 100. The molecule has 0 N–H and O–H groups in total. The van der Waals surface area contributed by atoms with Gasteiger partial charge in [0.05, 0.1) is 0 Å². The average molecular weight is 60.1 g/mol. The molecule has 0 amide bonds. The van der Waals surface area contributed by atoms with Crippen molar-refractivity contribution in [3.8, 4) is 11.8 Å². The van der Waals surface area contributed by atoms with Crippen LogP contribution >= 0.6 is 0 Å². The van der Waals surface area contributed by atoms with Crippen LogP contribution in [0.15, 0.2) is 0 Å². The third-order valence-electron chi connectivity index (χ3n) is 0.125. The molecule has 0 heteroatoms. The second kappa shape index (κ2) is 2.56. The molecule has 0 aromatic heterocycles. The molecule has 0 saturated heterocycles. The summed E-state index contributed by atoms with van der Waals surface area (Å²) in [6.45, 7) is -0.554. The first-order valence-electron chi connectivity index (χ1n) is 2.50. The van der Waals surface area contributed by atoms with Crippen molar-refractivity contribution in [2.24, 2.45) is 0 Å². The van der Waals surface area contributed by atoms with E-state index in [1.165, 1.54) is 6.92 Å². The molecule has 0 unspecified atom stereocenters. The van der Waals surface area contributed by atoms with E-state index in [9.17, 15) is 0 Å². The lowest BCUT2D eigenvalue weighted by Crippen LogP contribution is -1.28. The molecule has 0 radical (unpaired) electrons. The fourth-order valence-corrected chi connectivity index (χ4v) is 0. The molecule has 0 fully saturated rings. The Morgan fingerprint density at radius 2 is 2.50 bits per heavy atom. The summed E-state index contributed by atoms with van der Waals surface area (Å²) in [5.74, 6) is 4.33. The van der Waals surface area contributed by atoms with Crippen LogP contribution in [0, 0.1) is 11.8 Å². The highest BCUT2D eigenvalue weighted by atomic mass is 13.3. The molecule has 0 rings (SSSR count). The van der Waals surface area contributed by atoms with Gasteiger partial charge in [0.25, 0.3) is 0 Å². The van der Waals surface area contributed by atoms with Crippen molar-refractivity contribution in [2.75, 3.05) is 0 Å². The Morgan fingerprint density at radius 3 is 2.50 bits per heavy atom. The summed E-state index contributed by atoms with van der Waals surface area (Å²) >= 11 is 0. The molecule has 22 valence electrons. The van der Waals surface area contributed by atoms with Gasteiger partial charge in [-0.1, -0.05) is 0 Å². The highest BCUT2D eigenvalue weighted by molar-refractivity contribution is 4.89. The normalized spacial score (nSPS) is 17.8. The number of rotatable bonds is 0. The summed E-state index contributed by atoms with van der Waals surface area (Å²) < 4.78 is 19.5. The lowest BCUT2D eigenvalue weighted by molar-refractivity contribution is 1.83. The number of hydrogen-bond donors (Lipinski definition) is 0. The minimum Gasteiger partial charge on any atom is -0.107 e. The maximum absolute atomic E-state index is 6.49. The predicted molar refractivity (Wildman–Crippen MR) is 19.1 cm³/mol. The molecule has 0 aliphatic heterocycles. The van der Waals surface area contributed by atoms with Crippen LogP contribution in [-0.4, -0.2) is 0 Å². The summed E-state index contributed by atoms with van der Waals surface area (Å²) in [5.41, 5.74) is 0. The lowest BCUT2D eigenvalue weighted by atomic mass is 10.7. The van der Waals surface area contributed by atoms with Gasteiger partial charge in [-0.3, -0.25) is 0 Å². The SMILES string of the molecule is [3H]C([3H])([3H])C#CC. The van der Waals surface area contributed by atoms with Gasteiger partial charge in [-0.15, -0.1) is 11.8 Å². The predicted octanol–water partition coefficient (Wildman–Crippen LogP) is 1.03. The molecule has 0 spiro atoms. The molecule has 0 saturated carbocycles. The van der Waals surface area contributed by atoms with Gasteiger partial charge in [0.15, 0.2) is 0 Å². The molecule has 0 aliphatic carbocycles. The zero-order chi connectivity index (χ0) is 5.91. The second-order valence-electron chi connectivity index (χ2n) is 0.375. The molecule has 0 aromatic rings. The summed E-state index contributed by atoms with van der Waals surface area (Å²) in [5, 5.41) is 0. The Kier molecular flexibility index (Phi) is 0.483. The van der Waals surface area contributed by atoms with Crippen molar-refractivity contribution in [2.45, 2.75) is 13.8 Å². The Morgan fingerprint density at radius 1 is 1.75 bits per heavy atom. The van der Waals surface area contributed by atoms with Crippen LogP contribution in [0.3, 0.4) is 0 Å². The second-order valence-corrected chi connectivity index (χ2v) is 0.375. The molecule has 0 heterocycles. The van der Waals surface area contributed by atoms with Crippen LogP contribution in [0.1, 0.15) is 17.9 Å². The third kappa shape index (κ3) is 1.56. The van der Waals surface area contributed by atoms with E-state index in [0.29, 0.717) is 0 Å². The van der Waals surface area contributed by atoms with Crippen LogP contribution in [0.2, 0.25) is 0 Å². The van der Waals surface area contributed by atoms with Crippen LogP contribution in [-0.2, 0) is 0 Å². The Balaban J connectivity index is 3.72. The van der Waals surface area contributed by atoms with Gasteiger partial charge in [-0.2, -0.15) is 0 Å². The van der Waals surface area contributed by atoms with Gasteiger partial charge >= 0.3 is 0 Å². The van der Waals surface area contributed by atoms with Crippen LogP contribution in [0.25, 0.3) is 0 Å². The van der Waals surface area contributed by atoms with Gasteiger partial charge in [-0.25, -0.2) is 0 Å². The summed E-state index contributed by atoms with van der Waals surface area (Å²) in [6.07, 6.45) is 0. The van der Waals surface area contributed by atoms with Crippen molar-refractivity contribution in [1.82, 2.24) is 0 Å². The van der Waals surface area contributed by atoms with Crippen molar-refractivity contribution >= 4 is 0 Å². The molecule has 0 bridgehead atoms. The third-order valence-corrected chi connectivity index (χ3v) is 0.125. The van der Waals surface area contributed by atoms with E-state index in [1.807, 2.05) is 5.92 Å². The van der Waals surface area contributed by atoms with Crippen molar-refractivity contribution < 1.29 is 4.11 Å². The van der Waals surface area contributed by atoms with Gasteiger partial charge in [0.2, 0.25) is 0 Å². The Labute approximate surface area is 31.0 Å². The van der Waals surface area contributed by atoms with E-state index in [4.69, 9.17) is 4.11 Å². The van der Waals surface area contributed by atoms with Gasteiger partial charge in [0.1, 0.15) is 0 Å². The zero-order valence-electron chi connectivity index (χ0n) is 5.50. The minimum absolute atomic E-state index is 1.51. The maximum atomic E-state index is 6.49. The molecular weight excluding hydrogens is 48.0 g/mol. The highest BCUT2D eigenvalue weighted by Crippen LogP contribution is 1.39. The minimum atomic E-state index is -2.06. The highest BCUT2D eigenvalue weighted by Gasteiger charge is 1.26. The molecule has 4 heavy (non-hydrogen) atoms. The van der Waals surface area contributed by atoms with Gasteiger partial charge in [-0.05, 0) is 13.8 Å². The van der Waals surface area contributed by atoms with E-state index in [2.05, 4.69) is 5.92 Å². The quantitative estimate of drug-likeness (QED) is 0.366. The zero-order valence-corrected chi connectivity index (χ0v) is 2.50. The topological polar surface area (TPSA) is 0 Å². The van der Waals surface area contributed by atoms with E-state index in [0.717, 1.165) is 0 Å². The molecule has 0 aliphatic rings. The monoisotopic (exact) mass is 60.1 g/mol. The summed E-state index contributed by atoms with van der Waals surface area (Å²) in [4.78, 5) is 0. The molecule has 0 aromatic carbocycles. The van der Waals surface area contributed by atoms with Crippen molar-refractivity contribution in [3.05, 3.63) is 0 Å². The van der Waals surface area contributed by atoms with Crippen LogP contribution < -0.4 is 0 Å². The molecule has 0 nitrogen and oxygen atoms in total. The van der Waals surface area contributed by atoms with E-state index in [1.54, 1.807) is 0 Å². The Hall–Kier alpha value is -0.440. The molecular formula is C4H6. The van der Waals surface area contributed by atoms with Gasteiger partial charge in [0, 0.05) is 4.11 Å². The lowest BCUT2D eigenvalue weighted by Gasteiger charge is -1.40. The van der Waals surface area contributed by atoms with E-state index in [-0.39, 0.29) is 0 Å². The van der Waals surface area contributed by atoms with Crippen molar-refractivity contribution in [3.63, 3.8) is 0 Å². The summed E-state index contributed by atoms with van der Waals surface area (Å²) in [6, 6.07) is 0. The first-order valence-corrected chi connectivity index (χ1v) is 1.00. The fraction of sp³-hybridized carbons (Fsp3) is 0.500.